The molecule has 1 aliphatic rings. The maximum atomic E-state index is 12.2. The van der Waals surface area contributed by atoms with Gasteiger partial charge in [0.2, 0.25) is 0 Å². The van der Waals surface area contributed by atoms with Gasteiger partial charge >= 0.3 is 5.97 Å². The van der Waals surface area contributed by atoms with E-state index in [0.29, 0.717) is 22.8 Å². The molecule has 21 heavy (non-hydrogen) atoms. The number of hydrogen-bond acceptors (Lipinski definition) is 3. The average molecular weight is 301 g/mol. The van der Waals surface area contributed by atoms with Crippen LogP contribution in [-0.2, 0) is 4.79 Å². The van der Waals surface area contributed by atoms with Crippen LogP contribution in [0.25, 0.3) is 0 Å². The van der Waals surface area contributed by atoms with Crippen molar-refractivity contribution in [2.45, 2.75) is 19.3 Å². The zero-order chi connectivity index (χ0) is 15.0. The van der Waals surface area contributed by atoms with Crippen LogP contribution in [0.1, 0.15) is 40.7 Å². The molecule has 0 N–H and O–H groups in total. The molecule has 2 aromatic rings. The number of esters is 1. The molecule has 0 bridgehead atoms. The summed E-state index contributed by atoms with van der Waals surface area (Å²) in [5.41, 5.74) is 2.67. The van der Waals surface area contributed by atoms with E-state index in [-0.39, 0.29) is 11.7 Å². The number of rotatable bonds is 2. The predicted octanol–water partition coefficient (Wildman–Crippen LogP) is 3.98. The van der Waals surface area contributed by atoms with E-state index in [1.54, 1.807) is 12.1 Å². The Hall–Kier alpha value is -2.13. The highest BCUT2D eigenvalue weighted by molar-refractivity contribution is 6.30. The van der Waals surface area contributed by atoms with Gasteiger partial charge in [-0.25, -0.2) is 0 Å². The molecule has 0 aromatic heterocycles. The fraction of sp³-hybridized carbons (Fsp3) is 0.176. The Bertz CT molecular complexity index is 719. The van der Waals surface area contributed by atoms with E-state index in [4.69, 9.17) is 16.3 Å². The summed E-state index contributed by atoms with van der Waals surface area (Å²) in [5.74, 6) is 0.121. The third-order valence-electron chi connectivity index (χ3n) is 3.62. The molecule has 0 heterocycles. The minimum absolute atomic E-state index is 0.0381. The van der Waals surface area contributed by atoms with Gasteiger partial charge in [0.15, 0.2) is 5.78 Å². The maximum Gasteiger partial charge on any atom is 0.308 e. The molecule has 1 aliphatic carbocycles. The Morgan fingerprint density at radius 3 is 2.57 bits per heavy atom. The van der Waals surface area contributed by atoms with Crippen molar-refractivity contribution in [1.29, 1.82) is 0 Å². The fourth-order valence-corrected chi connectivity index (χ4v) is 2.83. The van der Waals surface area contributed by atoms with Gasteiger partial charge in [0.1, 0.15) is 5.75 Å². The van der Waals surface area contributed by atoms with Gasteiger partial charge in [-0.3, -0.25) is 9.59 Å². The Morgan fingerprint density at radius 2 is 1.90 bits per heavy atom. The molecule has 0 saturated carbocycles. The predicted molar refractivity (Wildman–Crippen MR) is 80.0 cm³/mol. The van der Waals surface area contributed by atoms with E-state index in [9.17, 15) is 9.59 Å². The molecule has 3 rings (SSSR count). The second-order valence-electron chi connectivity index (χ2n) is 5.07. The minimum Gasteiger partial charge on any atom is -0.427 e. The quantitative estimate of drug-likeness (QED) is 0.622. The summed E-state index contributed by atoms with van der Waals surface area (Å²) in [5, 5.41) is 0.675. The standard InChI is InChI=1S/C17H13ClO3/c1-10(19)21-13-6-7-14-15(9-17(20)16(14)8-13)11-2-4-12(18)5-3-11/h2-8,15H,9H2,1H3. The molecule has 0 aliphatic heterocycles. The smallest absolute Gasteiger partial charge is 0.308 e. The second-order valence-corrected chi connectivity index (χ2v) is 5.51. The van der Waals surface area contributed by atoms with Gasteiger partial charge in [-0.15, -0.1) is 0 Å². The number of carbonyl (C=O) groups is 2. The van der Waals surface area contributed by atoms with Crippen molar-refractivity contribution in [3.63, 3.8) is 0 Å². The van der Waals surface area contributed by atoms with Crippen LogP contribution < -0.4 is 4.74 Å². The van der Waals surface area contributed by atoms with Crippen molar-refractivity contribution in [2.75, 3.05) is 0 Å². The Balaban J connectivity index is 1.98. The van der Waals surface area contributed by atoms with Gasteiger partial charge in [-0.2, -0.15) is 0 Å². The molecule has 0 fully saturated rings. The van der Waals surface area contributed by atoms with Gasteiger partial charge in [0.25, 0.3) is 0 Å². The van der Waals surface area contributed by atoms with Crippen LogP contribution in [-0.4, -0.2) is 11.8 Å². The van der Waals surface area contributed by atoms with Crippen molar-refractivity contribution in [1.82, 2.24) is 0 Å². The normalized spacial score (nSPS) is 16.7. The number of fused-ring (bicyclic) bond motifs is 1. The van der Waals surface area contributed by atoms with E-state index in [2.05, 4.69) is 0 Å². The number of benzene rings is 2. The summed E-state index contributed by atoms with van der Waals surface area (Å²) < 4.78 is 5.04. The monoisotopic (exact) mass is 300 g/mol. The molecule has 3 nitrogen and oxygen atoms in total. The lowest BCUT2D eigenvalue weighted by atomic mass is 9.93. The molecule has 1 unspecified atom stereocenters. The molecule has 0 spiro atoms. The third-order valence-corrected chi connectivity index (χ3v) is 3.88. The number of hydrogen-bond donors (Lipinski definition) is 0. The first-order valence-electron chi connectivity index (χ1n) is 6.65. The van der Waals surface area contributed by atoms with Crippen molar-refractivity contribution >= 4 is 23.4 Å². The summed E-state index contributed by atoms with van der Waals surface area (Å²) >= 11 is 5.90. The fourth-order valence-electron chi connectivity index (χ4n) is 2.71. The van der Waals surface area contributed by atoms with Crippen molar-refractivity contribution in [3.8, 4) is 5.75 Å². The third kappa shape index (κ3) is 2.69. The molecular weight excluding hydrogens is 288 g/mol. The number of ketones is 1. The van der Waals surface area contributed by atoms with Crippen LogP contribution in [0.15, 0.2) is 42.5 Å². The van der Waals surface area contributed by atoms with Crippen molar-refractivity contribution in [3.05, 3.63) is 64.2 Å². The summed E-state index contributed by atoms with van der Waals surface area (Å²) in [6.07, 6.45) is 0.431. The van der Waals surface area contributed by atoms with E-state index < -0.39 is 5.97 Å². The zero-order valence-corrected chi connectivity index (χ0v) is 12.2. The summed E-state index contributed by atoms with van der Waals surface area (Å²) in [4.78, 5) is 23.2. The lowest BCUT2D eigenvalue weighted by Crippen LogP contribution is -2.02. The molecular formula is C17H13ClO3. The summed E-state index contributed by atoms with van der Waals surface area (Å²) in [7, 11) is 0. The lowest BCUT2D eigenvalue weighted by molar-refractivity contribution is -0.131. The highest BCUT2D eigenvalue weighted by Crippen LogP contribution is 2.39. The van der Waals surface area contributed by atoms with E-state index >= 15 is 0 Å². The second kappa shape index (κ2) is 5.34. The average Bonchev–Trinajstić information content (AvgIpc) is 2.76. The highest BCUT2D eigenvalue weighted by Gasteiger charge is 2.30. The Morgan fingerprint density at radius 1 is 1.19 bits per heavy atom. The zero-order valence-electron chi connectivity index (χ0n) is 11.4. The maximum absolute atomic E-state index is 12.2. The van der Waals surface area contributed by atoms with Crippen molar-refractivity contribution in [2.24, 2.45) is 0 Å². The van der Waals surface area contributed by atoms with Gasteiger partial charge < -0.3 is 4.74 Å². The summed E-state index contributed by atoms with van der Waals surface area (Å²) in [6, 6.07) is 12.8. The van der Waals surface area contributed by atoms with Gasteiger partial charge in [0.05, 0.1) is 0 Å². The number of ether oxygens (including phenoxy) is 1. The van der Waals surface area contributed by atoms with Gasteiger partial charge in [-0.1, -0.05) is 29.8 Å². The first-order chi connectivity index (χ1) is 10.0. The first-order valence-corrected chi connectivity index (χ1v) is 7.03. The topological polar surface area (TPSA) is 43.4 Å². The van der Waals surface area contributed by atoms with E-state index in [1.807, 2.05) is 30.3 Å². The number of halogens is 1. The molecule has 2 aromatic carbocycles. The van der Waals surface area contributed by atoms with E-state index in [0.717, 1.165) is 11.1 Å². The van der Waals surface area contributed by atoms with Crippen LogP contribution in [0.4, 0.5) is 0 Å². The van der Waals surface area contributed by atoms with E-state index in [1.165, 1.54) is 6.92 Å². The number of Topliss-reactive ketones (excluding diaryl/α,β-unsaturated/α-hetero) is 1. The van der Waals surface area contributed by atoms with Crippen LogP contribution in [0, 0.1) is 0 Å². The minimum atomic E-state index is -0.394. The molecule has 0 radical (unpaired) electrons. The molecule has 4 heteroatoms. The lowest BCUT2D eigenvalue weighted by Gasteiger charge is -2.11. The first kappa shape index (κ1) is 13.8. The SMILES string of the molecule is CC(=O)Oc1ccc2c(c1)C(=O)CC2c1ccc(Cl)cc1. The largest absolute Gasteiger partial charge is 0.427 e. The van der Waals surface area contributed by atoms with Crippen molar-refractivity contribution < 1.29 is 14.3 Å². The van der Waals surface area contributed by atoms with Crippen LogP contribution in [0.5, 0.6) is 5.75 Å². The van der Waals surface area contributed by atoms with Gasteiger partial charge in [-0.05, 0) is 35.4 Å². The summed E-state index contributed by atoms with van der Waals surface area (Å²) in [6.45, 7) is 1.34. The Labute approximate surface area is 127 Å². The van der Waals surface area contributed by atoms with Crippen LogP contribution in [0.3, 0.4) is 0 Å². The molecule has 1 atom stereocenters. The highest BCUT2D eigenvalue weighted by atomic mass is 35.5. The van der Waals surface area contributed by atoms with Crippen LogP contribution >= 0.6 is 11.6 Å². The molecule has 106 valence electrons. The molecule has 0 amide bonds. The molecule has 0 saturated heterocycles. The van der Waals surface area contributed by atoms with Gasteiger partial charge in [0, 0.05) is 29.8 Å². The Kier molecular flexibility index (Phi) is 3.52. The van der Waals surface area contributed by atoms with Crippen LogP contribution in [0.2, 0.25) is 5.02 Å². The number of carbonyl (C=O) groups excluding carboxylic acids is 2.